The average molecular weight is 225 g/mol. The van der Waals surface area contributed by atoms with Crippen molar-refractivity contribution in [2.24, 2.45) is 0 Å². The summed E-state index contributed by atoms with van der Waals surface area (Å²) in [6.45, 7) is 5.73. The van der Waals surface area contributed by atoms with Gasteiger partial charge in [0.05, 0.1) is 0 Å². The number of hydrogen-bond acceptors (Lipinski definition) is 2. The van der Waals surface area contributed by atoms with E-state index in [1.165, 1.54) is 0 Å². The molecule has 0 saturated carbocycles. The molecule has 0 radical (unpaired) electrons. The number of hydrogen-bond donors (Lipinski definition) is 0. The molecular formula is C8H15BrO2. The highest BCUT2D eigenvalue weighted by Gasteiger charge is 2.20. The molecular weight excluding hydrogens is 210 g/mol. The largest absolute Gasteiger partial charge is 0.459 e. The molecule has 0 aliphatic rings. The van der Waals surface area contributed by atoms with Gasteiger partial charge in [0.2, 0.25) is 0 Å². The molecule has 0 heterocycles. The van der Waals surface area contributed by atoms with Gasteiger partial charge in [-0.1, -0.05) is 22.9 Å². The molecule has 3 heteroatoms. The van der Waals surface area contributed by atoms with Crippen LogP contribution in [0.2, 0.25) is 0 Å². The van der Waals surface area contributed by atoms with Crippen LogP contribution in [0.15, 0.2) is 0 Å². The van der Waals surface area contributed by atoms with Crippen LogP contribution in [-0.2, 0) is 9.53 Å². The Kier molecular flexibility index (Phi) is 4.73. The summed E-state index contributed by atoms with van der Waals surface area (Å²) >= 11 is 3.27. The minimum absolute atomic E-state index is 0.114. The molecule has 0 amide bonds. The van der Waals surface area contributed by atoms with Gasteiger partial charge >= 0.3 is 5.97 Å². The molecule has 0 aliphatic heterocycles. The van der Waals surface area contributed by atoms with Gasteiger partial charge in [-0.25, -0.2) is 0 Å². The summed E-state index contributed by atoms with van der Waals surface area (Å²) in [6.07, 6.45) is 1.35. The van der Waals surface area contributed by atoms with Crippen molar-refractivity contribution in [1.29, 1.82) is 0 Å². The lowest BCUT2D eigenvalue weighted by molar-refractivity contribution is -0.154. The van der Waals surface area contributed by atoms with Crippen molar-refractivity contribution in [2.75, 3.05) is 5.33 Å². The van der Waals surface area contributed by atoms with Crippen LogP contribution < -0.4 is 0 Å². The first-order chi connectivity index (χ1) is 5.02. The Bertz CT molecular complexity index is 132. The van der Waals surface area contributed by atoms with Crippen LogP contribution in [0, 0.1) is 0 Å². The maximum Gasteiger partial charge on any atom is 0.306 e. The molecule has 0 N–H and O–H groups in total. The Hall–Kier alpha value is -0.0500. The molecule has 0 rings (SSSR count). The number of alkyl halides is 1. The van der Waals surface area contributed by atoms with E-state index in [2.05, 4.69) is 15.9 Å². The number of carbonyl (C=O) groups excluding carboxylic acids is 1. The molecule has 2 nitrogen and oxygen atoms in total. The van der Waals surface area contributed by atoms with E-state index in [1.54, 1.807) is 0 Å². The van der Waals surface area contributed by atoms with Crippen LogP contribution in [-0.4, -0.2) is 16.9 Å². The van der Waals surface area contributed by atoms with Crippen LogP contribution in [0.3, 0.4) is 0 Å². The lowest BCUT2D eigenvalue weighted by Gasteiger charge is -2.22. The highest BCUT2D eigenvalue weighted by molar-refractivity contribution is 9.09. The van der Waals surface area contributed by atoms with Gasteiger partial charge in [-0.05, 0) is 20.3 Å². The van der Waals surface area contributed by atoms with Crippen molar-refractivity contribution < 1.29 is 9.53 Å². The van der Waals surface area contributed by atoms with Crippen LogP contribution in [0.5, 0.6) is 0 Å². The summed E-state index contributed by atoms with van der Waals surface area (Å²) in [5.41, 5.74) is -0.369. The maximum atomic E-state index is 11.0. The van der Waals surface area contributed by atoms with Crippen molar-refractivity contribution in [1.82, 2.24) is 0 Å². The summed E-state index contributed by atoms with van der Waals surface area (Å²) in [7, 11) is 0. The van der Waals surface area contributed by atoms with E-state index in [0.29, 0.717) is 11.8 Å². The first-order valence-electron chi connectivity index (χ1n) is 3.79. The summed E-state index contributed by atoms with van der Waals surface area (Å²) in [4.78, 5) is 11.0. The number of rotatable bonds is 4. The monoisotopic (exact) mass is 224 g/mol. The molecule has 0 spiro atoms. The van der Waals surface area contributed by atoms with Crippen LogP contribution >= 0.6 is 15.9 Å². The van der Waals surface area contributed by atoms with E-state index in [-0.39, 0.29) is 11.6 Å². The van der Waals surface area contributed by atoms with Gasteiger partial charge in [0, 0.05) is 11.8 Å². The van der Waals surface area contributed by atoms with Gasteiger partial charge in [0.25, 0.3) is 0 Å². The van der Waals surface area contributed by atoms with Crippen molar-refractivity contribution in [3.05, 3.63) is 0 Å². The zero-order chi connectivity index (χ0) is 8.91. The third-order valence-corrected chi connectivity index (χ3v) is 2.52. The smallest absolute Gasteiger partial charge is 0.306 e. The lowest BCUT2D eigenvalue weighted by atomic mass is 10.2. The predicted octanol–water partition coefficient (Wildman–Crippen LogP) is 2.50. The molecule has 0 aromatic heterocycles. The summed E-state index contributed by atoms with van der Waals surface area (Å²) in [6, 6.07) is 0. The average Bonchev–Trinajstić information content (AvgIpc) is 1.87. The number of carbonyl (C=O) groups is 1. The third-order valence-electron chi connectivity index (χ3n) is 1.17. The second kappa shape index (κ2) is 4.75. The molecule has 66 valence electrons. The Morgan fingerprint density at radius 2 is 2.09 bits per heavy atom. The third kappa shape index (κ3) is 5.24. The molecule has 0 bridgehead atoms. The quantitative estimate of drug-likeness (QED) is 0.417. The van der Waals surface area contributed by atoms with Crippen molar-refractivity contribution >= 4 is 21.9 Å². The van der Waals surface area contributed by atoms with Crippen molar-refractivity contribution in [2.45, 2.75) is 39.2 Å². The highest BCUT2D eigenvalue weighted by Crippen LogP contribution is 2.13. The van der Waals surface area contributed by atoms with E-state index in [1.807, 2.05) is 20.8 Å². The van der Waals surface area contributed by atoms with Crippen LogP contribution in [0.1, 0.15) is 33.6 Å². The van der Waals surface area contributed by atoms with E-state index in [9.17, 15) is 4.79 Å². The van der Waals surface area contributed by atoms with E-state index in [0.717, 1.165) is 6.42 Å². The standard InChI is InChI=1S/C8H15BrO2/c1-4-5-7(10)11-8(2,3)6-9/h4-6H2,1-3H3/i10+2. The molecule has 0 aliphatic carbocycles. The minimum atomic E-state index is -0.369. The first kappa shape index (κ1) is 11.0. The van der Waals surface area contributed by atoms with E-state index in [4.69, 9.17) is 4.74 Å². The lowest BCUT2D eigenvalue weighted by Crippen LogP contribution is -2.29. The normalized spacial score (nSPS) is 11.3. The Labute approximate surface area is 76.4 Å². The second-order valence-corrected chi connectivity index (χ2v) is 3.68. The van der Waals surface area contributed by atoms with Gasteiger partial charge in [-0.2, -0.15) is 0 Å². The Morgan fingerprint density at radius 1 is 1.55 bits per heavy atom. The summed E-state index contributed by atoms with van der Waals surface area (Å²) in [5.74, 6) is -0.114. The molecule has 0 aromatic rings. The van der Waals surface area contributed by atoms with Crippen LogP contribution in [0.4, 0.5) is 0 Å². The molecule has 0 fully saturated rings. The summed E-state index contributed by atoms with van der Waals surface area (Å²) in [5, 5.41) is 0.676. The van der Waals surface area contributed by atoms with Gasteiger partial charge in [-0.15, -0.1) is 0 Å². The van der Waals surface area contributed by atoms with Crippen LogP contribution in [0.25, 0.3) is 0 Å². The van der Waals surface area contributed by atoms with E-state index < -0.39 is 0 Å². The van der Waals surface area contributed by atoms with Crippen molar-refractivity contribution in [3.8, 4) is 0 Å². The zero-order valence-corrected chi connectivity index (χ0v) is 8.90. The zero-order valence-electron chi connectivity index (χ0n) is 7.32. The molecule has 0 aromatic carbocycles. The summed E-state index contributed by atoms with van der Waals surface area (Å²) < 4.78 is 5.14. The van der Waals surface area contributed by atoms with Crippen molar-refractivity contribution in [3.63, 3.8) is 0 Å². The Morgan fingerprint density at radius 3 is 2.45 bits per heavy atom. The van der Waals surface area contributed by atoms with Gasteiger partial charge in [0.1, 0.15) is 5.60 Å². The topological polar surface area (TPSA) is 26.3 Å². The van der Waals surface area contributed by atoms with Gasteiger partial charge in [-0.3, -0.25) is 4.79 Å². The fourth-order valence-electron chi connectivity index (χ4n) is 0.591. The Balaban J connectivity index is 3.74. The minimum Gasteiger partial charge on any atom is -0.459 e. The highest BCUT2D eigenvalue weighted by atomic mass is 79.9. The predicted molar refractivity (Wildman–Crippen MR) is 48.9 cm³/mol. The molecule has 0 atom stereocenters. The second-order valence-electron chi connectivity index (χ2n) is 3.12. The van der Waals surface area contributed by atoms with Gasteiger partial charge < -0.3 is 4.74 Å². The number of ether oxygens (including phenoxy) is 1. The fraction of sp³-hybridized carbons (Fsp3) is 0.875. The maximum absolute atomic E-state index is 11.0. The number of halogens is 1. The molecule has 0 saturated heterocycles. The fourth-order valence-corrected chi connectivity index (χ4v) is 0.705. The van der Waals surface area contributed by atoms with Gasteiger partial charge in [0.15, 0.2) is 0 Å². The van der Waals surface area contributed by atoms with E-state index >= 15 is 0 Å². The molecule has 11 heavy (non-hydrogen) atoms. The molecule has 0 unspecified atom stereocenters. The SMILES string of the molecule is CCCC(=[18O])OC(C)(C)CBr. The number of esters is 1. The first-order valence-corrected chi connectivity index (χ1v) is 4.92.